The third kappa shape index (κ3) is 2.50. The summed E-state index contributed by atoms with van der Waals surface area (Å²) in [6.07, 6.45) is 6.43. The van der Waals surface area contributed by atoms with Gasteiger partial charge in [-0.25, -0.2) is 0 Å². The molecule has 5 rings (SSSR count). The van der Waals surface area contributed by atoms with Gasteiger partial charge < -0.3 is 10.5 Å². The number of rotatable bonds is 4. The zero-order chi connectivity index (χ0) is 16.7. The Bertz CT molecular complexity index is 760. The Morgan fingerprint density at radius 1 is 1.42 bits per heavy atom. The summed E-state index contributed by atoms with van der Waals surface area (Å²) in [5.41, 5.74) is 8.91. The first-order valence-corrected chi connectivity index (χ1v) is 8.76. The van der Waals surface area contributed by atoms with E-state index in [9.17, 15) is 0 Å². The van der Waals surface area contributed by atoms with E-state index in [0.29, 0.717) is 12.0 Å². The normalized spacial score (nSPS) is 30.2. The second kappa shape index (κ2) is 6.19. The van der Waals surface area contributed by atoms with Crippen LogP contribution in [0.25, 0.3) is 10.9 Å². The molecule has 2 bridgehead atoms. The number of hydrogen-bond donors (Lipinski definition) is 1. The maximum atomic E-state index is 6.76. The maximum absolute atomic E-state index is 6.76. The van der Waals surface area contributed by atoms with E-state index < -0.39 is 0 Å². The second-order valence-corrected chi connectivity index (χ2v) is 7.06. The first-order chi connectivity index (χ1) is 11.7. The molecule has 0 saturated carbocycles. The number of hydrogen-bond acceptors (Lipinski definition) is 4. The van der Waals surface area contributed by atoms with Crippen molar-refractivity contribution in [3.8, 4) is 5.75 Å². The molecule has 1 aromatic heterocycles. The Labute approximate surface area is 143 Å². The molecule has 24 heavy (non-hydrogen) atoms. The van der Waals surface area contributed by atoms with Gasteiger partial charge in [0.05, 0.1) is 12.6 Å². The predicted octanol–water partition coefficient (Wildman–Crippen LogP) is 3.14. The summed E-state index contributed by atoms with van der Waals surface area (Å²) in [6, 6.07) is 8.48. The van der Waals surface area contributed by atoms with Gasteiger partial charge in [-0.2, -0.15) is 0 Å². The van der Waals surface area contributed by atoms with Crippen LogP contribution in [0.5, 0.6) is 5.75 Å². The lowest BCUT2D eigenvalue weighted by molar-refractivity contribution is 0.00749. The topological polar surface area (TPSA) is 51.4 Å². The molecular formula is C20H25N3O. The van der Waals surface area contributed by atoms with Crippen LogP contribution in [-0.4, -0.2) is 36.1 Å². The zero-order valence-electron chi connectivity index (χ0n) is 14.2. The fraction of sp³-hybridized carbons (Fsp3) is 0.450. The zero-order valence-corrected chi connectivity index (χ0v) is 14.2. The predicted molar refractivity (Wildman–Crippen MR) is 97.0 cm³/mol. The van der Waals surface area contributed by atoms with Crippen LogP contribution >= 0.6 is 0 Å². The number of aromatic nitrogens is 1. The van der Waals surface area contributed by atoms with Crippen LogP contribution < -0.4 is 10.5 Å². The van der Waals surface area contributed by atoms with Crippen LogP contribution in [0.1, 0.15) is 24.4 Å². The number of nitrogens with two attached hydrogens (primary N) is 1. The third-order valence-corrected chi connectivity index (χ3v) is 5.91. The summed E-state index contributed by atoms with van der Waals surface area (Å²) in [4.78, 5) is 7.04. The summed E-state index contributed by atoms with van der Waals surface area (Å²) in [5, 5.41) is 1.10. The van der Waals surface area contributed by atoms with Gasteiger partial charge in [0, 0.05) is 30.2 Å². The van der Waals surface area contributed by atoms with Gasteiger partial charge in [0.15, 0.2) is 0 Å². The first-order valence-electron chi connectivity index (χ1n) is 8.76. The average molecular weight is 323 g/mol. The van der Waals surface area contributed by atoms with E-state index in [2.05, 4.69) is 34.7 Å². The van der Waals surface area contributed by atoms with Crippen LogP contribution in [0, 0.1) is 11.8 Å². The van der Waals surface area contributed by atoms with E-state index in [4.69, 9.17) is 10.5 Å². The molecule has 4 nitrogen and oxygen atoms in total. The van der Waals surface area contributed by atoms with Crippen LogP contribution in [0.3, 0.4) is 0 Å². The van der Waals surface area contributed by atoms with Crippen molar-refractivity contribution in [1.82, 2.24) is 9.88 Å². The Kier molecular flexibility index (Phi) is 4.02. The number of piperidine rings is 3. The molecule has 126 valence electrons. The van der Waals surface area contributed by atoms with Gasteiger partial charge in [-0.05, 0) is 61.1 Å². The largest absolute Gasteiger partial charge is 0.497 e. The number of benzene rings is 1. The lowest BCUT2D eigenvalue weighted by atomic mass is 9.73. The van der Waals surface area contributed by atoms with Gasteiger partial charge in [-0.3, -0.25) is 9.88 Å². The molecule has 3 saturated heterocycles. The van der Waals surface area contributed by atoms with E-state index in [1.165, 1.54) is 12.0 Å². The molecule has 0 aliphatic carbocycles. The summed E-state index contributed by atoms with van der Waals surface area (Å²) >= 11 is 0. The highest BCUT2D eigenvalue weighted by Crippen LogP contribution is 2.41. The molecular weight excluding hydrogens is 298 g/mol. The standard InChI is InChI=1S/C20H25N3O/c1-3-13-12-23-9-7-14(13)10-19(23)20(21)16-6-8-22-18-5-4-15(24-2)11-17(16)18/h3-6,8,11,13-14,19-20H,1,7,9-10,12,21H2,2H3/t13?,14?,19-,20-/m1/s1. The van der Waals surface area contributed by atoms with Gasteiger partial charge in [0.2, 0.25) is 0 Å². The number of ether oxygens (including phenoxy) is 1. The molecule has 3 fully saturated rings. The Balaban J connectivity index is 1.69. The van der Waals surface area contributed by atoms with Crippen LogP contribution in [-0.2, 0) is 0 Å². The Morgan fingerprint density at radius 2 is 2.29 bits per heavy atom. The molecule has 5 atom stereocenters. The van der Waals surface area contributed by atoms with E-state index in [-0.39, 0.29) is 6.04 Å². The summed E-state index contributed by atoms with van der Waals surface area (Å²) < 4.78 is 5.39. The number of pyridine rings is 1. The van der Waals surface area contributed by atoms with Gasteiger partial charge in [0.1, 0.15) is 5.75 Å². The van der Waals surface area contributed by atoms with Gasteiger partial charge in [-0.1, -0.05) is 6.08 Å². The van der Waals surface area contributed by atoms with Gasteiger partial charge >= 0.3 is 0 Å². The highest BCUT2D eigenvalue weighted by Gasteiger charge is 2.41. The molecule has 3 unspecified atom stereocenters. The van der Waals surface area contributed by atoms with E-state index >= 15 is 0 Å². The van der Waals surface area contributed by atoms with Crippen molar-refractivity contribution >= 4 is 10.9 Å². The van der Waals surface area contributed by atoms with E-state index in [1.807, 2.05) is 18.3 Å². The lowest BCUT2D eigenvalue weighted by Gasteiger charge is -2.51. The van der Waals surface area contributed by atoms with Crippen molar-refractivity contribution in [2.24, 2.45) is 17.6 Å². The van der Waals surface area contributed by atoms with E-state index in [0.717, 1.165) is 42.1 Å². The fourth-order valence-electron chi connectivity index (χ4n) is 4.52. The fourth-order valence-corrected chi connectivity index (χ4v) is 4.52. The molecule has 2 N–H and O–H groups in total. The highest BCUT2D eigenvalue weighted by atomic mass is 16.5. The third-order valence-electron chi connectivity index (χ3n) is 5.91. The number of methoxy groups -OCH3 is 1. The van der Waals surface area contributed by atoms with Crippen molar-refractivity contribution in [2.45, 2.75) is 24.9 Å². The van der Waals surface area contributed by atoms with Crippen molar-refractivity contribution in [1.29, 1.82) is 0 Å². The maximum Gasteiger partial charge on any atom is 0.119 e. The molecule has 3 aliphatic heterocycles. The smallest absolute Gasteiger partial charge is 0.119 e. The molecule has 0 radical (unpaired) electrons. The minimum atomic E-state index is -0.00354. The Morgan fingerprint density at radius 3 is 3.00 bits per heavy atom. The minimum absolute atomic E-state index is 0.00354. The SMILES string of the molecule is C=CC1CN2CCC1C[C@@H]2[C@H](N)c1ccnc2ccc(OC)cc12. The summed E-state index contributed by atoms with van der Waals surface area (Å²) in [7, 11) is 1.69. The summed E-state index contributed by atoms with van der Waals surface area (Å²) in [6.45, 7) is 6.26. The number of nitrogens with zero attached hydrogens (tertiary/aromatic N) is 2. The molecule has 0 amide bonds. The molecule has 3 aliphatic rings. The molecule has 2 aromatic rings. The highest BCUT2D eigenvalue weighted by molar-refractivity contribution is 5.84. The van der Waals surface area contributed by atoms with Crippen LogP contribution in [0.4, 0.5) is 0 Å². The van der Waals surface area contributed by atoms with Crippen LogP contribution in [0.2, 0.25) is 0 Å². The number of fused-ring (bicyclic) bond motifs is 4. The Hall–Kier alpha value is -1.91. The molecule has 4 heteroatoms. The monoisotopic (exact) mass is 323 g/mol. The van der Waals surface area contributed by atoms with Crippen molar-refractivity contribution < 1.29 is 4.74 Å². The second-order valence-electron chi connectivity index (χ2n) is 7.06. The van der Waals surface area contributed by atoms with Crippen molar-refractivity contribution in [2.75, 3.05) is 20.2 Å². The lowest BCUT2D eigenvalue weighted by Crippen LogP contribution is -2.56. The minimum Gasteiger partial charge on any atom is -0.497 e. The van der Waals surface area contributed by atoms with Crippen molar-refractivity contribution in [3.63, 3.8) is 0 Å². The molecule has 1 aromatic carbocycles. The first kappa shape index (κ1) is 15.6. The van der Waals surface area contributed by atoms with Gasteiger partial charge in [-0.15, -0.1) is 6.58 Å². The quantitative estimate of drug-likeness (QED) is 0.878. The average Bonchev–Trinajstić information content (AvgIpc) is 2.66. The van der Waals surface area contributed by atoms with Gasteiger partial charge in [0.25, 0.3) is 0 Å². The van der Waals surface area contributed by atoms with Crippen LogP contribution in [0.15, 0.2) is 43.1 Å². The van der Waals surface area contributed by atoms with Crippen molar-refractivity contribution in [3.05, 3.63) is 48.7 Å². The summed E-state index contributed by atoms with van der Waals surface area (Å²) in [5.74, 6) is 2.20. The molecule has 4 heterocycles. The molecule has 0 spiro atoms. The van der Waals surface area contributed by atoms with E-state index in [1.54, 1.807) is 7.11 Å².